The van der Waals surface area contributed by atoms with Gasteiger partial charge in [0, 0.05) is 13.5 Å². The summed E-state index contributed by atoms with van der Waals surface area (Å²) in [6.07, 6.45) is 2.94. The summed E-state index contributed by atoms with van der Waals surface area (Å²) in [4.78, 5) is 12.8. The maximum atomic E-state index is 11.1. The van der Waals surface area contributed by atoms with Crippen LogP contribution < -0.4 is 5.73 Å². The monoisotopic (exact) mass is 169 g/mol. The van der Waals surface area contributed by atoms with E-state index in [1.165, 1.54) is 6.92 Å². The molecule has 0 unspecified atom stereocenters. The highest BCUT2D eigenvalue weighted by Gasteiger charge is 2.26. The number of amides is 1. The van der Waals surface area contributed by atoms with Crippen LogP contribution in [0.15, 0.2) is 0 Å². The lowest BCUT2D eigenvalue weighted by molar-refractivity contribution is -0.130. The van der Waals surface area contributed by atoms with Crippen molar-refractivity contribution in [3.8, 4) is 0 Å². The molecular formula is C8H15N3O. The molecule has 1 aliphatic heterocycles. The molecule has 0 aromatic rings. The number of carbonyl (C=O) groups is 1. The number of amidine groups is 1. The lowest BCUT2D eigenvalue weighted by Gasteiger charge is -2.34. The van der Waals surface area contributed by atoms with Gasteiger partial charge >= 0.3 is 0 Å². The van der Waals surface area contributed by atoms with Crippen molar-refractivity contribution in [1.29, 1.82) is 5.41 Å². The first kappa shape index (κ1) is 9.03. The van der Waals surface area contributed by atoms with E-state index in [0.29, 0.717) is 0 Å². The van der Waals surface area contributed by atoms with Crippen LogP contribution in [0.4, 0.5) is 0 Å². The Hall–Kier alpha value is -1.06. The van der Waals surface area contributed by atoms with Crippen LogP contribution in [0.1, 0.15) is 26.2 Å². The second kappa shape index (κ2) is 3.56. The van der Waals surface area contributed by atoms with Crippen molar-refractivity contribution in [2.24, 2.45) is 5.73 Å². The lowest BCUT2D eigenvalue weighted by Crippen LogP contribution is -2.49. The molecule has 4 nitrogen and oxygen atoms in total. The maximum absolute atomic E-state index is 11.1. The second-order valence-electron chi connectivity index (χ2n) is 3.18. The van der Waals surface area contributed by atoms with Crippen molar-refractivity contribution in [2.75, 3.05) is 6.54 Å². The van der Waals surface area contributed by atoms with E-state index in [2.05, 4.69) is 0 Å². The van der Waals surface area contributed by atoms with Crippen molar-refractivity contribution >= 4 is 11.7 Å². The van der Waals surface area contributed by atoms with Gasteiger partial charge in [-0.1, -0.05) is 0 Å². The summed E-state index contributed by atoms with van der Waals surface area (Å²) in [5.41, 5.74) is 5.38. The molecule has 1 amide bonds. The van der Waals surface area contributed by atoms with E-state index in [1.54, 1.807) is 4.90 Å². The Morgan fingerprint density at radius 1 is 1.58 bits per heavy atom. The van der Waals surface area contributed by atoms with E-state index in [9.17, 15) is 4.79 Å². The van der Waals surface area contributed by atoms with E-state index in [0.717, 1.165) is 25.8 Å². The van der Waals surface area contributed by atoms with Gasteiger partial charge in [-0.05, 0) is 19.3 Å². The van der Waals surface area contributed by atoms with Gasteiger partial charge in [-0.3, -0.25) is 10.2 Å². The molecule has 1 atom stereocenters. The number of likely N-dealkylation sites (tertiary alicyclic amines) is 1. The Morgan fingerprint density at radius 2 is 2.25 bits per heavy atom. The molecule has 1 rings (SSSR count). The topological polar surface area (TPSA) is 70.2 Å². The van der Waals surface area contributed by atoms with Gasteiger partial charge in [0.05, 0.1) is 6.04 Å². The highest BCUT2D eigenvalue weighted by atomic mass is 16.2. The van der Waals surface area contributed by atoms with Crippen LogP contribution in [-0.2, 0) is 4.79 Å². The van der Waals surface area contributed by atoms with E-state index in [-0.39, 0.29) is 17.8 Å². The zero-order valence-electron chi connectivity index (χ0n) is 7.34. The SMILES string of the molecule is CC(=O)N1CCCC[C@H]1C(=N)N. The van der Waals surface area contributed by atoms with E-state index >= 15 is 0 Å². The summed E-state index contributed by atoms with van der Waals surface area (Å²) >= 11 is 0. The molecule has 12 heavy (non-hydrogen) atoms. The number of nitrogens with two attached hydrogens (primary N) is 1. The molecule has 0 aliphatic carbocycles. The third kappa shape index (κ3) is 1.75. The summed E-state index contributed by atoms with van der Waals surface area (Å²) in [7, 11) is 0. The third-order valence-corrected chi connectivity index (χ3v) is 2.27. The summed E-state index contributed by atoms with van der Waals surface area (Å²) in [5.74, 6) is 0.139. The van der Waals surface area contributed by atoms with E-state index in [4.69, 9.17) is 11.1 Å². The maximum Gasteiger partial charge on any atom is 0.220 e. The first-order valence-electron chi connectivity index (χ1n) is 4.24. The van der Waals surface area contributed by atoms with Crippen molar-refractivity contribution in [2.45, 2.75) is 32.2 Å². The fourth-order valence-corrected chi connectivity index (χ4v) is 1.63. The number of piperidine rings is 1. The van der Waals surface area contributed by atoms with Gasteiger partial charge in [0.15, 0.2) is 0 Å². The number of carbonyl (C=O) groups excluding carboxylic acids is 1. The quantitative estimate of drug-likeness (QED) is 0.438. The molecule has 0 spiro atoms. The van der Waals surface area contributed by atoms with Gasteiger partial charge in [0.25, 0.3) is 0 Å². The first-order valence-corrected chi connectivity index (χ1v) is 4.24. The molecule has 0 bridgehead atoms. The van der Waals surface area contributed by atoms with E-state index < -0.39 is 0 Å². The largest absolute Gasteiger partial charge is 0.386 e. The zero-order chi connectivity index (χ0) is 9.14. The van der Waals surface area contributed by atoms with Gasteiger partial charge in [0.2, 0.25) is 5.91 Å². The van der Waals surface area contributed by atoms with Gasteiger partial charge in [0.1, 0.15) is 5.84 Å². The number of hydrogen-bond donors (Lipinski definition) is 2. The predicted molar refractivity (Wildman–Crippen MR) is 46.9 cm³/mol. The lowest BCUT2D eigenvalue weighted by atomic mass is 10.0. The zero-order valence-corrected chi connectivity index (χ0v) is 7.34. The predicted octanol–water partition coefficient (Wildman–Crippen LogP) is 0.323. The van der Waals surface area contributed by atoms with Crippen LogP contribution in [0.25, 0.3) is 0 Å². The molecule has 0 radical (unpaired) electrons. The summed E-state index contributed by atoms with van der Waals surface area (Å²) < 4.78 is 0. The van der Waals surface area contributed by atoms with E-state index in [1.807, 2.05) is 0 Å². The molecule has 3 N–H and O–H groups in total. The Balaban J connectivity index is 2.67. The Morgan fingerprint density at radius 3 is 2.67 bits per heavy atom. The molecule has 68 valence electrons. The highest BCUT2D eigenvalue weighted by Crippen LogP contribution is 2.16. The Kier molecular flexibility index (Phi) is 2.68. The smallest absolute Gasteiger partial charge is 0.220 e. The van der Waals surface area contributed by atoms with Crippen molar-refractivity contribution in [1.82, 2.24) is 4.90 Å². The van der Waals surface area contributed by atoms with Gasteiger partial charge in [-0.15, -0.1) is 0 Å². The van der Waals surface area contributed by atoms with Gasteiger partial charge in [-0.2, -0.15) is 0 Å². The van der Waals surface area contributed by atoms with Crippen LogP contribution >= 0.6 is 0 Å². The summed E-state index contributed by atoms with van der Waals surface area (Å²) in [5, 5.41) is 7.30. The molecule has 4 heteroatoms. The summed E-state index contributed by atoms with van der Waals surface area (Å²) in [6, 6.07) is -0.142. The van der Waals surface area contributed by atoms with Crippen LogP contribution in [0, 0.1) is 5.41 Å². The standard InChI is InChI=1S/C8H15N3O/c1-6(12)11-5-3-2-4-7(11)8(9)10/h7H,2-5H2,1H3,(H3,9,10)/t7-/m0/s1. The number of rotatable bonds is 1. The molecule has 1 heterocycles. The number of nitrogens with zero attached hydrogens (tertiary/aromatic N) is 1. The van der Waals surface area contributed by atoms with Crippen molar-refractivity contribution in [3.05, 3.63) is 0 Å². The number of nitrogens with one attached hydrogen (secondary N) is 1. The van der Waals surface area contributed by atoms with Crippen LogP contribution in [0.3, 0.4) is 0 Å². The average molecular weight is 169 g/mol. The minimum Gasteiger partial charge on any atom is -0.386 e. The highest BCUT2D eigenvalue weighted by molar-refractivity contribution is 5.87. The van der Waals surface area contributed by atoms with Crippen LogP contribution in [0.5, 0.6) is 0 Å². The minimum atomic E-state index is -0.142. The molecular weight excluding hydrogens is 154 g/mol. The van der Waals surface area contributed by atoms with Crippen LogP contribution in [-0.4, -0.2) is 29.2 Å². The molecule has 0 aromatic heterocycles. The Labute approximate surface area is 72.2 Å². The van der Waals surface area contributed by atoms with Crippen LogP contribution in [0.2, 0.25) is 0 Å². The molecule has 0 saturated carbocycles. The third-order valence-electron chi connectivity index (χ3n) is 2.27. The normalized spacial score (nSPS) is 23.8. The van der Waals surface area contributed by atoms with Crippen molar-refractivity contribution < 1.29 is 4.79 Å². The minimum absolute atomic E-state index is 0.0231. The second-order valence-corrected chi connectivity index (χ2v) is 3.18. The van der Waals surface area contributed by atoms with Gasteiger partial charge in [-0.25, -0.2) is 0 Å². The fourth-order valence-electron chi connectivity index (χ4n) is 1.63. The van der Waals surface area contributed by atoms with Gasteiger partial charge < -0.3 is 10.6 Å². The molecule has 1 fully saturated rings. The molecule has 1 saturated heterocycles. The Bertz CT molecular complexity index is 180. The molecule has 0 aromatic carbocycles. The summed E-state index contributed by atoms with van der Waals surface area (Å²) in [6.45, 7) is 2.28. The average Bonchev–Trinajstić information content (AvgIpc) is 2.04. The number of hydrogen-bond acceptors (Lipinski definition) is 2. The fraction of sp³-hybridized carbons (Fsp3) is 0.750. The molecule has 1 aliphatic rings. The van der Waals surface area contributed by atoms with Crippen molar-refractivity contribution in [3.63, 3.8) is 0 Å². The first-order chi connectivity index (χ1) is 5.63.